The summed E-state index contributed by atoms with van der Waals surface area (Å²) in [6.45, 7) is 2.11. The molecule has 1 fully saturated rings. The van der Waals surface area contributed by atoms with Crippen molar-refractivity contribution in [2.24, 2.45) is 5.92 Å². The second-order valence-corrected chi connectivity index (χ2v) is 6.95. The maximum absolute atomic E-state index is 13.9. The van der Waals surface area contributed by atoms with Gasteiger partial charge in [0.15, 0.2) is 0 Å². The summed E-state index contributed by atoms with van der Waals surface area (Å²) in [4.78, 5) is 17.9. The Hall–Kier alpha value is -2.46. The Labute approximate surface area is 182 Å². The number of hydrogen-bond donors (Lipinski definition) is 2. The van der Waals surface area contributed by atoms with Gasteiger partial charge in [0, 0.05) is 25.1 Å². The predicted molar refractivity (Wildman–Crippen MR) is 110 cm³/mol. The van der Waals surface area contributed by atoms with E-state index in [0.29, 0.717) is 36.8 Å². The SMILES string of the molecule is Cl.O=c1[nH]c(-c2cccc(OC[C@@H]3CNCCO[C@H]3c3ccc(Cl)c(F)c3)n2)no1. The molecular formula is C19H19Cl2FN4O4. The highest BCUT2D eigenvalue weighted by atomic mass is 35.5. The number of ether oxygens (including phenoxy) is 2. The third-order valence-corrected chi connectivity index (χ3v) is 4.84. The lowest BCUT2D eigenvalue weighted by Gasteiger charge is -2.25. The maximum Gasteiger partial charge on any atom is 0.439 e. The number of rotatable bonds is 5. The third-order valence-electron chi connectivity index (χ3n) is 4.53. The van der Waals surface area contributed by atoms with Crippen molar-refractivity contribution in [3.05, 3.63) is 63.4 Å². The van der Waals surface area contributed by atoms with E-state index in [2.05, 4.69) is 25.0 Å². The molecule has 0 unspecified atom stereocenters. The molecule has 160 valence electrons. The lowest BCUT2D eigenvalue weighted by atomic mass is 9.96. The van der Waals surface area contributed by atoms with Crippen LogP contribution in [0.4, 0.5) is 4.39 Å². The summed E-state index contributed by atoms with van der Waals surface area (Å²) in [5.74, 6) is -0.657. The number of aromatic nitrogens is 3. The van der Waals surface area contributed by atoms with E-state index < -0.39 is 11.6 Å². The smallest absolute Gasteiger partial charge is 0.439 e. The number of H-pyrrole nitrogens is 1. The van der Waals surface area contributed by atoms with Crippen LogP contribution in [-0.4, -0.2) is 41.4 Å². The molecule has 30 heavy (non-hydrogen) atoms. The molecule has 0 saturated carbocycles. The van der Waals surface area contributed by atoms with Gasteiger partial charge < -0.3 is 14.8 Å². The molecule has 0 aliphatic carbocycles. The molecule has 1 aromatic carbocycles. The van der Waals surface area contributed by atoms with Crippen LogP contribution in [0.5, 0.6) is 5.88 Å². The van der Waals surface area contributed by atoms with Crippen LogP contribution in [0.1, 0.15) is 11.7 Å². The molecule has 0 bridgehead atoms. The van der Waals surface area contributed by atoms with Gasteiger partial charge in [0.2, 0.25) is 11.7 Å². The molecule has 1 saturated heterocycles. The molecule has 0 radical (unpaired) electrons. The highest BCUT2D eigenvalue weighted by Crippen LogP contribution is 2.30. The predicted octanol–water partition coefficient (Wildman–Crippen LogP) is 3.00. The fourth-order valence-electron chi connectivity index (χ4n) is 3.15. The van der Waals surface area contributed by atoms with E-state index in [-0.39, 0.29) is 41.9 Å². The zero-order valence-electron chi connectivity index (χ0n) is 15.6. The van der Waals surface area contributed by atoms with Crippen LogP contribution in [-0.2, 0) is 4.74 Å². The van der Waals surface area contributed by atoms with Gasteiger partial charge in [-0.1, -0.05) is 28.9 Å². The van der Waals surface area contributed by atoms with E-state index in [1.807, 2.05) is 0 Å². The number of nitrogens with one attached hydrogen (secondary N) is 2. The van der Waals surface area contributed by atoms with Crippen LogP contribution in [0.25, 0.3) is 11.5 Å². The van der Waals surface area contributed by atoms with Gasteiger partial charge >= 0.3 is 5.76 Å². The first-order valence-electron chi connectivity index (χ1n) is 9.03. The quantitative estimate of drug-likeness (QED) is 0.608. The van der Waals surface area contributed by atoms with Crippen LogP contribution in [0.2, 0.25) is 5.02 Å². The number of pyridine rings is 1. The number of benzene rings is 1. The van der Waals surface area contributed by atoms with Crippen LogP contribution in [0.15, 0.2) is 45.7 Å². The first-order valence-corrected chi connectivity index (χ1v) is 9.41. The average molecular weight is 457 g/mol. The molecular weight excluding hydrogens is 438 g/mol. The van der Waals surface area contributed by atoms with Gasteiger partial charge in [0.25, 0.3) is 0 Å². The van der Waals surface area contributed by atoms with Gasteiger partial charge in [0.1, 0.15) is 11.5 Å². The van der Waals surface area contributed by atoms with Crippen molar-refractivity contribution in [1.82, 2.24) is 20.4 Å². The zero-order valence-corrected chi connectivity index (χ0v) is 17.2. The highest BCUT2D eigenvalue weighted by molar-refractivity contribution is 6.30. The summed E-state index contributed by atoms with van der Waals surface area (Å²) in [5.41, 5.74) is 1.12. The Morgan fingerprint density at radius 2 is 2.17 bits per heavy atom. The van der Waals surface area contributed by atoms with E-state index in [0.717, 1.165) is 0 Å². The van der Waals surface area contributed by atoms with E-state index in [1.165, 1.54) is 12.1 Å². The van der Waals surface area contributed by atoms with Crippen LogP contribution in [0.3, 0.4) is 0 Å². The van der Waals surface area contributed by atoms with Crippen molar-refractivity contribution < 1.29 is 18.4 Å². The molecule has 1 aliphatic rings. The minimum absolute atomic E-state index is 0. The van der Waals surface area contributed by atoms with Crippen molar-refractivity contribution in [2.45, 2.75) is 6.10 Å². The van der Waals surface area contributed by atoms with E-state index in [4.69, 9.17) is 21.1 Å². The molecule has 2 atom stereocenters. The molecule has 2 aromatic heterocycles. The lowest BCUT2D eigenvalue weighted by molar-refractivity contribution is 0.0146. The summed E-state index contributed by atoms with van der Waals surface area (Å²) < 4.78 is 30.3. The average Bonchev–Trinajstić information content (AvgIpc) is 3.02. The Kier molecular flexibility index (Phi) is 7.43. The minimum atomic E-state index is -0.659. The lowest BCUT2D eigenvalue weighted by Crippen LogP contribution is -2.29. The fraction of sp³-hybridized carbons (Fsp3) is 0.316. The number of aromatic amines is 1. The molecule has 8 nitrogen and oxygen atoms in total. The van der Waals surface area contributed by atoms with Gasteiger partial charge in [0.05, 0.1) is 24.3 Å². The molecule has 0 amide bonds. The summed E-state index contributed by atoms with van der Waals surface area (Å²) in [6, 6.07) is 9.79. The van der Waals surface area contributed by atoms with E-state index in [1.54, 1.807) is 24.3 Å². The van der Waals surface area contributed by atoms with E-state index in [9.17, 15) is 9.18 Å². The monoisotopic (exact) mass is 456 g/mol. The van der Waals surface area contributed by atoms with Crippen LogP contribution < -0.4 is 15.8 Å². The first kappa shape index (κ1) is 22.2. The third kappa shape index (κ3) is 5.17. The standard InChI is InChI=1S/C19H18ClFN4O4.ClH/c20-13-5-4-11(8-14(13)21)17-12(9-22-6-7-27-17)10-28-16-3-1-2-15(23-16)18-24-19(26)29-25-18;/h1-5,8,12,17,22H,6-7,9-10H2,(H,24,25,26);1H/t12-,17-;/m0./s1. The molecule has 2 N–H and O–H groups in total. The van der Waals surface area contributed by atoms with Gasteiger partial charge in [-0.25, -0.2) is 14.2 Å². The number of halogens is 3. The van der Waals surface area contributed by atoms with Gasteiger partial charge in [-0.15, -0.1) is 12.4 Å². The molecule has 0 spiro atoms. The van der Waals surface area contributed by atoms with Crippen LogP contribution >= 0.6 is 24.0 Å². The molecule has 1 aliphatic heterocycles. The van der Waals surface area contributed by atoms with Crippen molar-refractivity contribution in [1.29, 1.82) is 0 Å². The number of hydrogen-bond acceptors (Lipinski definition) is 7. The van der Waals surface area contributed by atoms with Crippen molar-refractivity contribution in [2.75, 3.05) is 26.3 Å². The Morgan fingerprint density at radius 3 is 2.93 bits per heavy atom. The van der Waals surface area contributed by atoms with Gasteiger partial charge in [-0.3, -0.25) is 9.51 Å². The van der Waals surface area contributed by atoms with Gasteiger partial charge in [-0.2, -0.15) is 0 Å². The highest BCUT2D eigenvalue weighted by Gasteiger charge is 2.27. The second kappa shape index (κ2) is 10.0. The summed E-state index contributed by atoms with van der Waals surface area (Å²) in [6.07, 6.45) is -0.355. The Bertz CT molecular complexity index is 1050. The maximum atomic E-state index is 13.9. The molecule has 3 aromatic rings. The summed E-state index contributed by atoms with van der Waals surface area (Å²) in [5, 5.41) is 6.98. The van der Waals surface area contributed by atoms with E-state index >= 15 is 0 Å². The topological polar surface area (TPSA) is 102 Å². The zero-order chi connectivity index (χ0) is 20.2. The van der Waals surface area contributed by atoms with Crippen molar-refractivity contribution >= 4 is 24.0 Å². The normalized spacial score (nSPS) is 19.0. The molecule has 4 rings (SSSR count). The minimum Gasteiger partial charge on any atom is -0.477 e. The fourth-order valence-corrected chi connectivity index (χ4v) is 3.27. The van der Waals surface area contributed by atoms with Gasteiger partial charge in [-0.05, 0) is 23.8 Å². The first-order chi connectivity index (χ1) is 14.1. The largest absolute Gasteiger partial charge is 0.477 e. The summed E-state index contributed by atoms with van der Waals surface area (Å²) in [7, 11) is 0. The Morgan fingerprint density at radius 1 is 1.30 bits per heavy atom. The van der Waals surface area contributed by atoms with Crippen molar-refractivity contribution in [3.63, 3.8) is 0 Å². The molecule has 3 heterocycles. The molecule has 11 heteroatoms. The van der Waals surface area contributed by atoms with Crippen molar-refractivity contribution in [3.8, 4) is 17.4 Å². The van der Waals surface area contributed by atoms with Crippen LogP contribution in [0, 0.1) is 11.7 Å². The summed E-state index contributed by atoms with van der Waals surface area (Å²) >= 11 is 5.80. The Balaban J connectivity index is 0.00000256. The second-order valence-electron chi connectivity index (χ2n) is 6.54. The number of nitrogens with zero attached hydrogens (tertiary/aromatic N) is 2.